The van der Waals surface area contributed by atoms with Crippen LogP contribution in [0.1, 0.15) is 10.4 Å². The maximum atomic E-state index is 11.7. The van der Waals surface area contributed by atoms with Crippen molar-refractivity contribution < 1.29 is 9.59 Å². The molecule has 7 heteroatoms. The number of aromatic amines is 1. The van der Waals surface area contributed by atoms with Gasteiger partial charge in [-0.2, -0.15) is 0 Å². The van der Waals surface area contributed by atoms with Gasteiger partial charge in [0, 0.05) is 24.0 Å². The third-order valence-corrected chi connectivity index (χ3v) is 2.39. The van der Waals surface area contributed by atoms with Crippen molar-refractivity contribution >= 4 is 17.5 Å². The van der Waals surface area contributed by atoms with Crippen LogP contribution >= 0.6 is 0 Å². The second-order valence-corrected chi connectivity index (χ2v) is 3.91. The Labute approximate surface area is 114 Å². The lowest BCUT2D eigenvalue weighted by Crippen LogP contribution is -2.33. The Balaban J connectivity index is 1.87. The van der Waals surface area contributed by atoms with Crippen molar-refractivity contribution in [1.29, 1.82) is 0 Å². The van der Waals surface area contributed by atoms with Gasteiger partial charge in [0.1, 0.15) is 0 Å². The second kappa shape index (κ2) is 6.28. The number of hydrogen-bond acceptors (Lipinski definition) is 4. The molecule has 2 aromatic rings. The van der Waals surface area contributed by atoms with E-state index in [1.54, 1.807) is 18.3 Å². The van der Waals surface area contributed by atoms with Crippen LogP contribution in [0.2, 0.25) is 0 Å². The minimum atomic E-state index is -0.488. The first-order valence-electron chi connectivity index (χ1n) is 5.82. The lowest BCUT2D eigenvalue weighted by molar-refractivity contribution is -0.115. The van der Waals surface area contributed by atoms with Gasteiger partial charge in [0.15, 0.2) is 0 Å². The average molecular weight is 272 g/mol. The van der Waals surface area contributed by atoms with Crippen LogP contribution in [-0.2, 0) is 4.79 Å². The molecule has 0 aliphatic rings. The predicted molar refractivity (Wildman–Crippen MR) is 72.3 cm³/mol. The first-order chi connectivity index (χ1) is 9.65. The molecule has 102 valence electrons. The van der Waals surface area contributed by atoms with Crippen LogP contribution in [0, 0.1) is 0 Å². The van der Waals surface area contributed by atoms with Gasteiger partial charge in [0.05, 0.1) is 18.4 Å². The van der Waals surface area contributed by atoms with Crippen molar-refractivity contribution in [3.63, 3.8) is 0 Å². The zero-order chi connectivity index (χ0) is 14.4. The summed E-state index contributed by atoms with van der Waals surface area (Å²) in [6, 6.07) is 5.98. The van der Waals surface area contributed by atoms with Gasteiger partial charge in [-0.15, -0.1) is 0 Å². The van der Waals surface area contributed by atoms with Crippen molar-refractivity contribution in [1.82, 2.24) is 15.3 Å². The van der Waals surface area contributed by atoms with Crippen LogP contribution in [0.4, 0.5) is 5.69 Å². The lowest BCUT2D eigenvalue weighted by Gasteiger charge is -2.06. The molecule has 0 spiro atoms. The molecule has 2 amide bonds. The summed E-state index contributed by atoms with van der Waals surface area (Å²) in [7, 11) is 0. The van der Waals surface area contributed by atoms with E-state index < -0.39 is 5.91 Å². The monoisotopic (exact) mass is 272 g/mol. The molecule has 2 rings (SSSR count). The maximum absolute atomic E-state index is 11.7. The van der Waals surface area contributed by atoms with Gasteiger partial charge >= 0.3 is 0 Å². The molecule has 7 nitrogen and oxygen atoms in total. The van der Waals surface area contributed by atoms with E-state index in [0.717, 1.165) is 6.07 Å². The van der Waals surface area contributed by atoms with Crippen molar-refractivity contribution in [2.75, 3.05) is 11.9 Å². The Morgan fingerprint density at radius 3 is 2.85 bits per heavy atom. The molecule has 0 aliphatic heterocycles. The second-order valence-electron chi connectivity index (χ2n) is 3.91. The Hall–Kier alpha value is -2.96. The van der Waals surface area contributed by atoms with Gasteiger partial charge in [0.25, 0.3) is 5.91 Å². The van der Waals surface area contributed by atoms with Crippen molar-refractivity contribution in [2.24, 2.45) is 0 Å². The van der Waals surface area contributed by atoms with Crippen LogP contribution in [-0.4, -0.2) is 28.3 Å². The van der Waals surface area contributed by atoms with Crippen molar-refractivity contribution in [3.8, 4) is 0 Å². The number of pyridine rings is 2. The highest BCUT2D eigenvalue weighted by atomic mass is 16.2. The van der Waals surface area contributed by atoms with Crippen LogP contribution in [0.3, 0.4) is 0 Å². The van der Waals surface area contributed by atoms with E-state index in [-0.39, 0.29) is 23.6 Å². The number of nitrogens with one attached hydrogen (secondary N) is 3. The van der Waals surface area contributed by atoms with E-state index >= 15 is 0 Å². The number of nitrogens with zero attached hydrogens (tertiary/aromatic N) is 1. The van der Waals surface area contributed by atoms with E-state index in [4.69, 9.17) is 0 Å². The molecule has 0 bridgehead atoms. The summed E-state index contributed by atoms with van der Waals surface area (Å²) in [5.74, 6) is -0.867. The summed E-state index contributed by atoms with van der Waals surface area (Å²) in [4.78, 5) is 40.6. The van der Waals surface area contributed by atoms with Crippen LogP contribution in [0.25, 0.3) is 0 Å². The molecule has 0 aliphatic carbocycles. The number of anilines is 1. The number of carbonyl (C=O) groups excluding carboxylic acids is 2. The molecule has 2 heterocycles. The summed E-state index contributed by atoms with van der Waals surface area (Å²) in [6.45, 7) is -0.194. The zero-order valence-electron chi connectivity index (χ0n) is 10.4. The average Bonchev–Trinajstić information content (AvgIpc) is 2.46. The van der Waals surface area contributed by atoms with E-state index in [0.29, 0.717) is 5.69 Å². The van der Waals surface area contributed by atoms with Gasteiger partial charge in [-0.25, -0.2) is 0 Å². The number of hydrogen-bond donors (Lipinski definition) is 3. The first kappa shape index (κ1) is 13.5. The van der Waals surface area contributed by atoms with Crippen LogP contribution < -0.4 is 16.2 Å². The van der Waals surface area contributed by atoms with E-state index in [1.165, 1.54) is 18.5 Å². The smallest absolute Gasteiger partial charge is 0.251 e. The fraction of sp³-hybridized carbons (Fsp3) is 0.0769. The standard InChI is InChI=1S/C13H12N4O3/c18-11-6-9(3-5-15-11)13(20)16-8-12(19)17-10-2-1-4-14-7-10/h1-7H,8H2,(H,15,18)(H,16,20)(H,17,19). The first-order valence-corrected chi connectivity index (χ1v) is 5.82. The van der Waals surface area contributed by atoms with E-state index in [1.807, 2.05) is 0 Å². The molecule has 0 aromatic carbocycles. The number of rotatable bonds is 4. The highest BCUT2D eigenvalue weighted by Crippen LogP contribution is 2.01. The van der Waals surface area contributed by atoms with Gasteiger partial charge in [-0.3, -0.25) is 19.4 Å². The van der Waals surface area contributed by atoms with Gasteiger partial charge in [-0.05, 0) is 18.2 Å². The molecular weight excluding hydrogens is 260 g/mol. The summed E-state index contributed by atoms with van der Waals surface area (Å²) < 4.78 is 0. The summed E-state index contributed by atoms with van der Waals surface area (Å²) in [5.41, 5.74) is 0.364. The highest BCUT2D eigenvalue weighted by Gasteiger charge is 2.08. The largest absolute Gasteiger partial charge is 0.343 e. The third-order valence-electron chi connectivity index (χ3n) is 2.39. The molecule has 0 unspecified atom stereocenters. The Bertz CT molecular complexity index is 667. The molecule has 0 radical (unpaired) electrons. The summed E-state index contributed by atoms with van der Waals surface area (Å²) in [6.07, 6.45) is 4.45. The van der Waals surface area contributed by atoms with Crippen molar-refractivity contribution in [3.05, 3.63) is 58.8 Å². The minimum Gasteiger partial charge on any atom is -0.343 e. The topological polar surface area (TPSA) is 104 Å². The van der Waals surface area contributed by atoms with Crippen LogP contribution in [0.5, 0.6) is 0 Å². The Kier molecular flexibility index (Phi) is 4.23. The van der Waals surface area contributed by atoms with E-state index in [9.17, 15) is 14.4 Å². The van der Waals surface area contributed by atoms with Crippen LogP contribution in [0.15, 0.2) is 47.7 Å². The normalized spacial score (nSPS) is 9.80. The molecule has 0 atom stereocenters. The highest BCUT2D eigenvalue weighted by molar-refractivity contribution is 5.99. The number of amides is 2. The number of carbonyl (C=O) groups is 2. The van der Waals surface area contributed by atoms with Gasteiger partial charge < -0.3 is 15.6 Å². The molecule has 0 saturated heterocycles. The molecule has 3 N–H and O–H groups in total. The summed E-state index contributed by atoms with van der Waals surface area (Å²) >= 11 is 0. The Morgan fingerprint density at radius 2 is 2.15 bits per heavy atom. The van der Waals surface area contributed by atoms with Gasteiger partial charge in [-0.1, -0.05) is 0 Å². The molecular formula is C13H12N4O3. The maximum Gasteiger partial charge on any atom is 0.251 e. The number of H-pyrrole nitrogens is 1. The van der Waals surface area contributed by atoms with Crippen molar-refractivity contribution in [2.45, 2.75) is 0 Å². The third kappa shape index (κ3) is 3.77. The molecule has 2 aromatic heterocycles. The number of aromatic nitrogens is 2. The molecule has 0 fully saturated rings. The quantitative estimate of drug-likeness (QED) is 0.736. The fourth-order valence-corrected chi connectivity index (χ4v) is 1.49. The lowest BCUT2D eigenvalue weighted by atomic mass is 10.2. The molecule has 0 saturated carbocycles. The minimum absolute atomic E-state index is 0.194. The van der Waals surface area contributed by atoms with Gasteiger partial charge in [0.2, 0.25) is 11.5 Å². The predicted octanol–water partition coefficient (Wildman–Crippen LogP) is 0.138. The molecule has 20 heavy (non-hydrogen) atoms. The Morgan fingerprint density at radius 1 is 1.30 bits per heavy atom. The van der Waals surface area contributed by atoms with E-state index in [2.05, 4.69) is 20.6 Å². The SMILES string of the molecule is O=C(CNC(=O)c1cc[nH]c(=O)c1)Nc1cccnc1. The zero-order valence-corrected chi connectivity index (χ0v) is 10.4. The fourth-order valence-electron chi connectivity index (χ4n) is 1.49. The summed E-state index contributed by atoms with van der Waals surface area (Å²) in [5, 5.41) is 5.00.